The molecule has 84 heavy (non-hydrogen) atoms. The molecule has 2 saturated heterocycles. The number of rotatable bonds is 15. The predicted octanol–water partition coefficient (Wildman–Crippen LogP) is 5.56. The zero-order valence-electron chi connectivity index (χ0n) is 48.3. The highest BCUT2D eigenvalue weighted by atomic mass is 16.8. The summed E-state index contributed by atoms with van der Waals surface area (Å²) in [6, 6.07) is 14.4. The minimum absolute atomic E-state index is 0. The third-order valence-corrected chi connectivity index (χ3v) is 14.7. The van der Waals surface area contributed by atoms with Crippen LogP contribution in [0.2, 0.25) is 0 Å². The van der Waals surface area contributed by atoms with Crippen molar-refractivity contribution in [2.45, 2.75) is 170 Å². The Morgan fingerprint density at radius 1 is 0.786 bits per heavy atom. The number of fused-ring (bicyclic) bond motifs is 2. The molecular formula is C62H84O22. The normalized spacial score (nSPS) is 26.9. The largest absolute Gasteiger partial charge is 0.508 e. The second-order valence-corrected chi connectivity index (χ2v) is 20.8. The number of phenols is 2. The first-order chi connectivity index (χ1) is 39.3. The molecule has 2 fully saturated rings. The maximum atomic E-state index is 12.2. The number of hydrogen-bond acceptors (Lipinski definition) is 22. The van der Waals surface area contributed by atoms with Crippen molar-refractivity contribution in [2.75, 3.05) is 19.8 Å². The van der Waals surface area contributed by atoms with E-state index in [2.05, 4.69) is 26.8 Å². The highest BCUT2D eigenvalue weighted by Gasteiger charge is 2.47. The van der Waals surface area contributed by atoms with Gasteiger partial charge in [0.1, 0.15) is 60.7 Å². The summed E-state index contributed by atoms with van der Waals surface area (Å²) < 4.78 is 42.9. The summed E-state index contributed by atoms with van der Waals surface area (Å²) in [5.41, 5.74) is 5.25. The van der Waals surface area contributed by atoms with Gasteiger partial charge in [0.05, 0.1) is 49.2 Å². The molecule has 3 aromatic carbocycles. The van der Waals surface area contributed by atoms with Crippen molar-refractivity contribution in [3.05, 3.63) is 128 Å². The number of aliphatic hydroxyl groups excluding tert-OH is 8. The lowest BCUT2D eigenvalue weighted by Gasteiger charge is -2.42. The molecule has 8 rings (SSSR count). The summed E-state index contributed by atoms with van der Waals surface area (Å²) in [5, 5.41) is 98.6. The fourth-order valence-corrected chi connectivity index (χ4v) is 9.14. The average molecular weight is 1180 g/mol. The molecule has 0 aliphatic carbocycles. The molecule has 4 aromatic rings. The van der Waals surface area contributed by atoms with Gasteiger partial charge in [0, 0.05) is 22.6 Å². The molecule has 0 saturated carbocycles. The van der Waals surface area contributed by atoms with E-state index in [-0.39, 0.29) is 60.1 Å². The molecule has 5 heterocycles. The maximum absolute atomic E-state index is 12.2. The van der Waals surface area contributed by atoms with Crippen molar-refractivity contribution >= 4 is 28.5 Å². The molecule has 464 valence electrons. The molecule has 0 bridgehead atoms. The van der Waals surface area contributed by atoms with E-state index in [9.17, 15) is 70.2 Å². The average Bonchev–Trinajstić information content (AvgIpc) is 4.05. The summed E-state index contributed by atoms with van der Waals surface area (Å²) in [4.78, 5) is 47.9. The zero-order valence-corrected chi connectivity index (χ0v) is 48.3. The Morgan fingerprint density at radius 3 is 2.08 bits per heavy atom. The van der Waals surface area contributed by atoms with Gasteiger partial charge in [-0.2, -0.15) is 0 Å². The summed E-state index contributed by atoms with van der Waals surface area (Å²) >= 11 is 0. The molecule has 4 aliphatic heterocycles. The van der Waals surface area contributed by atoms with E-state index in [1.807, 2.05) is 51.1 Å². The molecule has 4 aliphatic rings. The number of ketones is 2. The number of carbonyl (C=O) groups excluding carboxylic acids is 3. The second-order valence-electron chi connectivity index (χ2n) is 20.8. The number of ether oxygens (including phenoxy) is 7. The molecule has 10 N–H and O–H groups in total. The first kappa shape index (κ1) is 69.9. The third-order valence-electron chi connectivity index (χ3n) is 14.7. The minimum Gasteiger partial charge on any atom is -0.508 e. The standard InChI is InChI=1S/C20H30O11.C16H18O8.C14H22O.C11H10O2.CH4/c1-3-5-28-15(24)6-11-10(4-2)19(29-9-12(11)13(23)7-21)31-20-18(27)17(26)16(25)14(8-22)30-20;1-3-8-11(18)7-4-5-9(12(19)15(7)23-8)24-16-14(21)13(20)10(17)6(2)22-16;1-5-10(2)12(4)8-13-7-6-11(3)14(15)9-13;1-7-3-4-9-10(5-7)13-6-8(2)11(9)12;/h4,9,11,14,16-22,25-27H,3,5-8H2,1-2H3;3-6,10,13-14,16-17,19-21H,1-2H3;6-7,9-10,12,15H,5,8H2,1-4H3;3-6H,1-2H3;1H4/b10-4+;8-3-;;;/t11-,14?,16?,17?,18?,19-,20?;;;;/m0..../s1. The number of benzene rings is 3. The number of hydrogen-bond donors (Lipinski definition) is 10. The van der Waals surface area contributed by atoms with Crippen molar-refractivity contribution in [1.82, 2.24) is 0 Å². The molecule has 0 radical (unpaired) electrons. The quantitative estimate of drug-likeness (QED) is 0.0396. The Bertz CT molecular complexity index is 3000. The summed E-state index contributed by atoms with van der Waals surface area (Å²) in [6.45, 7) is 17.9. The van der Waals surface area contributed by atoms with E-state index in [1.165, 1.54) is 43.4 Å². The van der Waals surface area contributed by atoms with Crippen LogP contribution in [0.4, 0.5) is 0 Å². The fraction of sp³-hybridized carbons (Fsp3) is 0.516. The maximum Gasteiger partial charge on any atom is 0.306 e. The lowest BCUT2D eigenvalue weighted by Crippen LogP contribution is -2.60. The topological polar surface area (TPSA) is 348 Å². The van der Waals surface area contributed by atoms with Crippen LogP contribution in [-0.2, 0) is 39.7 Å². The van der Waals surface area contributed by atoms with Crippen LogP contribution in [-0.4, -0.2) is 156 Å². The number of aliphatic hydroxyl groups is 8. The Labute approximate surface area is 488 Å². The summed E-state index contributed by atoms with van der Waals surface area (Å²) in [5.74, 6) is -0.971. The van der Waals surface area contributed by atoms with Gasteiger partial charge in [-0.15, -0.1) is 0 Å². The molecule has 12 unspecified atom stereocenters. The van der Waals surface area contributed by atoms with Crippen molar-refractivity contribution in [2.24, 2.45) is 17.8 Å². The number of aromatic hydroxyl groups is 2. The van der Waals surface area contributed by atoms with E-state index in [0.717, 1.165) is 29.7 Å². The first-order valence-electron chi connectivity index (χ1n) is 27.5. The van der Waals surface area contributed by atoms with Crippen LogP contribution in [0.5, 0.6) is 23.0 Å². The van der Waals surface area contributed by atoms with Crippen molar-refractivity contribution in [3.63, 3.8) is 0 Å². The second kappa shape index (κ2) is 32.1. The molecular weight excluding hydrogens is 1100 g/mol. The number of allylic oxidation sites excluding steroid dienone is 3. The summed E-state index contributed by atoms with van der Waals surface area (Å²) in [6.07, 6.45) is -6.74. The van der Waals surface area contributed by atoms with Crippen LogP contribution in [0.1, 0.15) is 108 Å². The van der Waals surface area contributed by atoms with Gasteiger partial charge in [0.2, 0.25) is 24.1 Å². The Balaban J connectivity index is 0.000000253. The third kappa shape index (κ3) is 17.1. The van der Waals surface area contributed by atoms with E-state index < -0.39 is 104 Å². The van der Waals surface area contributed by atoms with Crippen LogP contribution >= 0.6 is 0 Å². The number of phenolic OH excluding ortho intramolecular Hbond substituents is 2. The van der Waals surface area contributed by atoms with Gasteiger partial charge in [-0.25, -0.2) is 0 Å². The minimum atomic E-state index is -1.66. The van der Waals surface area contributed by atoms with Crippen LogP contribution in [0, 0.1) is 38.5 Å². The summed E-state index contributed by atoms with van der Waals surface area (Å²) in [7, 11) is 0. The van der Waals surface area contributed by atoms with Gasteiger partial charge in [-0.3, -0.25) is 19.2 Å². The first-order valence-corrected chi connectivity index (χ1v) is 27.5. The van der Waals surface area contributed by atoms with E-state index >= 15 is 0 Å². The van der Waals surface area contributed by atoms with Gasteiger partial charge < -0.3 is 88.6 Å². The van der Waals surface area contributed by atoms with Gasteiger partial charge in [-0.05, 0) is 119 Å². The molecule has 0 amide bonds. The van der Waals surface area contributed by atoms with Crippen LogP contribution in [0.3, 0.4) is 0 Å². The predicted molar refractivity (Wildman–Crippen MR) is 307 cm³/mol. The van der Waals surface area contributed by atoms with Gasteiger partial charge in [0.25, 0.3) is 0 Å². The van der Waals surface area contributed by atoms with Crippen molar-refractivity contribution < 1.29 is 103 Å². The molecule has 14 atom stereocenters. The monoisotopic (exact) mass is 1180 g/mol. The van der Waals surface area contributed by atoms with E-state index in [1.54, 1.807) is 26.8 Å². The Morgan fingerprint density at radius 2 is 1.46 bits per heavy atom. The Kier molecular flexibility index (Phi) is 26.7. The lowest BCUT2D eigenvalue weighted by molar-refractivity contribution is -0.327. The van der Waals surface area contributed by atoms with Crippen LogP contribution < -0.4 is 14.9 Å². The van der Waals surface area contributed by atoms with Gasteiger partial charge in [-0.1, -0.05) is 65.8 Å². The SMILES string of the molecule is C.C/C=C1/[C@H](OC2OC(CO)C(O)C(O)C2O)OC=C(C(=O)CO)[C@H]1CC(=O)OCCC.C/C=C1\Oc2c(ccc(OC3OC(C)C(O)C(O)C3O)c2O)C1=O.CCC(C)C(C)Cc1ccc(C)c(O)c1.Cc1ccc2c(=O)c(C)coc2c1. The number of aryl methyl sites for hydroxylation is 3. The zero-order chi connectivity index (χ0) is 61.6. The fourth-order valence-electron chi connectivity index (χ4n) is 9.14. The van der Waals surface area contributed by atoms with Crippen LogP contribution in [0.15, 0.2) is 99.3 Å². The molecule has 1 aromatic heterocycles. The van der Waals surface area contributed by atoms with Gasteiger partial charge >= 0.3 is 5.97 Å². The lowest BCUT2D eigenvalue weighted by atomic mass is 9.84. The highest BCUT2D eigenvalue weighted by Crippen LogP contribution is 2.45. The van der Waals surface area contributed by atoms with Crippen molar-refractivity contribution in [3.8, 4) is 23.0 Å². The Hall–Kier alpha value is -6.54. The number of carbonyl (C=O) groups is 3. The van der Waals surface area contributed by atoms with E-state index in [0.29, 0.717) is 40.2 Å². The number of esters is 1. The van der Waals surface area contributed by atoms with Gasteiger partial charge in [0.15, 0.2) is 34.8 Å². The molecule has 22 nitrogen and oxygen atoms in total. The van der Waals surface area contributed by atoms with Crippen molar-refractivity contribution in [1.29, 1.82) is 0 Å². The number of Topliss-reactive ketones (excluding diaryl/α,β-unsaturated/α-hetero) is 2. The van der Waals surface area contributed by atoms with E-state index in [4.69, 9.17) is 37.6 Å². The molecule has 22 heteroatoms. The highest BCUT2D eigenvalue weighted by molar-refractivity contribution is 6.13. The smallest absolute Gasteiger partial charge is 0.306 e. The molecule has 0 spiro atoms. The van der Waals surface area contributed by atoms with Crippen LogP contribution in [0.25, 0.3) is 11.0 Å².